The van der Waals surface area contributed by atoms with Crippen molar-refractivity contribution in [2.45, 2.75) is 25.0 Å². The first kappa shape index (κ1) is 13.5. The minimum absolute atomic E-state index is 0.404. The summed E-state index contributed by atoms with van der Waals surface area (Å²) in [5.41, 5.74) is 1.36. The van der Waals surface area contributed by atoms with E-state index in [0.717, 1.165) is 13.1 Å². The lowest BCUT2D eigenvalue weighted by molar-refractivity contribution is 0.0283. The Bertz CT molecular complexity index is 342. The number of ether oxygens (including phenoxy) is 1. The summed E-state index contributed by atoms with van der Waals surface area (Å²) in [6, 6.07) is 11.1. The maximum absolute atomic E-state index is 5.48. The topological polar surface area (TPSA) is 24.5 Å². The molecular formula is C15H24N2O. The van der Waals surface area contributed by atoms with Gasteiger partial charge < -0.3 is 10.1 Å². The Morgan fingerprint density at radius 2 is 2.17 bits per heavy atom. The maximum atomic E-state index is 5.48. The van der Waals surface area contributed by atoms with Gasteiger partial charge in [-0.15, -0.1) is 0 Å². The van der Waals surface area contributed by atoms with Crippen LogP contribution < -0.4 is 5.32 Å². The second-order valence-electron chi connectivity index (χ2n) is 5.01. The van der Waals surface area contributed by atoms with Crippen molar-refractivity contribution in [2.75, 3.05) is 33.8 Å². The Kier molecular flexibility index (Phi) is 5.17. The number of hydrogen-bond acceptors (Lipinski definition) is 3. The summed E-state index contributed by atoms with van der Waals surface area (Å²) < 4.78 is 5.48. The first-order chi connectivity index (χ1) is 8.83. The minimum atomic E-state index is 0.404. The van der Waals surface area contributed by atoms with E-state index in [4.69, 9.17) is 4.74 Å². The summed E-state index contributed by atoms with van der Waals surface area (Å²) in [5, 5.41) is 3.42. The van der Waals surface area contributed by atoms with Crippen LogP contribution in [0.4, 0.5) is 0 Å². The highest BCUT2D eigenvalue weighted by atomic mass is 16.5. The van der Waals surface area contributed by atoms with Crippen LogP contribution in [0.25, 0.3) is 0 Å². The number of piperidine rings is 1. The van der Waals surface area contributed by atoms with E-state index in [-0.39, 0.29) is 0 Å². The highest BCUT2D eigenvalue weighted by Crippen LogP contribution is 2.18. The van der Waals surface area contributed by atoms with Gasteiger partial charge in [-0.25, -0.2) is 0 Å². The Labute approximate surface area is 110 Å². The highest BCUT2D eigenvalue weighted by molar-refractivity contribution is 5.19. The molecule has 2 unspecified atom stereocenters. The molecule has 1 fully saturated rings. The van der Waals surface area contributed by atoms with Crippen molar-refractivity contribution in [2.24, 2.45) is 0 Å². The number of methoxy groups -OCH3 is 1. The van der Waals surface area contributed by atoms with Crippen molar-refractivity contribution in [3.8, 4) is 0 Å². The SMILES string of the molecule is CNC(CN1CCCC(OC)C1)c1ccccc1. The normalized spacial score (nSPS) is 22.9. The molecular weight excluding hydrogens is 224 g/mol. The molecule has 0 spiro atoms. The summed E-state index contributed by atoms with van der Waals surface area (Å²) >= 11 is 0. The van der Waals surface area contributed by atoms with Crippen molar-refractivity contribution < 1.29 is 4.74 Å². The van der Waals surface area contributed by atoms with E-state index in [1.54, 1.807) is 0 Å². The number of nitrogens with one attached hydrogen (secondary N) is 1. The third-order valence-corrected chi connectivity index (χ3v) is 3.79. The third-order valence-electron chi connectivity index (χ3n) is 3.79. The number of benzene rings is 1. The average molecular weight is 248 g/mol. The number of likely N-dealkylation sites (tertiary alicyclic amines) is 1. The zero-order valence-electron chi connectivity index (χ0n) is 11.4. The van der Waals surface area contributed by atoms with Crippen LogP contribution >= 0.6 is 0 Å². The van der Waals surface area contributed by atoms with E-state index in [0.29, 0.717) is 12.1 Å². The Hall–Kier alpha value is -0.900. The molecule has 3 heteroatoms. The number of likely N-dealkylation sites (N-methyl/N-ethyl adjacent to an activating group) is 1. The van der Waals surface area contributed by atoms with E-state index in [1.807, 2.05) is 14.2 Å². The van der Waals surface area contributed by atoms with Gasteiger partial charge in [0.2, 0.25) is 0 Å². The summed E-state index contributed by atoms with van der Waals surface area (Å²) in [7, 11) is 3.86. The molecule has 2 atom stereocenters. The summed E-state index contributed by atoms with van der Waals surface area (Å²) in [4.78, 5) is 2.51. The molecule has 3 nitrogen and oxygen atoms in total. The van der Waals surface area contributed by atoms with Gasteiger partial charge in [-0.05, 0) is 32.0 Å². The fraction of sp³-hybridized carbons (Fsp3) is 0.600. The zero-order valence-corrected chi connectivity index (χ0v) is 11.4. The molecule has 0 aromatic heterocycles. The molecule has 1 aromatic rings. The molecule has 100 valence electrons. The van der Waals surface area contributed by atoms with E-state index < -0.39 is 0 Å². The molecule has 1 saturated heterocycles. The lowest BCUT2D eigenvalue weighted by atomic mass is 10.0. The van der Waals surface area contributed by atoms with E-state index in [2.05, 4.69) is 40.5 Å². The lowest BCUT2D eigenvalue weighted by Gasteiger charge is -2.34. The van der Waals surface area contributed by atoms with E-state index in [1.165, 1.54) is 24.9 Å². The molecule has 0 radical (unpaired) electrons. The third kappa shape index (κ3) is 3.55. The number of nitrogens with zero attached hydrogens (tertiary/aromatic N) is 1. The molecule has 2 rings (SSSR count). The van der Waals surface area contributed by atoms with Gasteiger partial charge in [0.15, 0.2) is 0 Å². The quantitative estimate of drug-likeness (QED) is 0.863. The number of hydrogen-bond donors (Lipinski definition) is 1. The van der Waals surface area contributed by atoms with Crippen molar-refractivity contribution in [1.29, 1.82) is 0 Å². The van der Waals surface area contributed by atoms with Crippen molar-refractivity contribution in [3.63, 3.8) is 0 Å². The van der Waals surface area contributed by atoms with Crippen molar-refractivity contribution in [1.82, 2.24) is 10.2 Å². The van der Waals surface area contributed by atoms with Gasteiger partial charge in [-0.2, -0.15) is 0 Å². The van der Waals surface area contributed by atoms with E-state index >= 15 is 0 Å². The summed E-state index contributed by atoms with van der Waals surface area (Å²) in [6.07, 6.45) is 2.85. The molecule has 0 amide bonds. The molecule has 18 heavy (non-hydrogen) atoms. The summed E-state index contributed by atoms with van der Waals surface area (Å²) in [5.74, 6) is 0. The Morgan fingerprint density at radius 3 is 2.83 bits per heavy atom. The molecule has 1 heterocycles. The van der Waals surface area contributed by atoms with Crippen molar-refractivity contribution in [3.05, 3.63) is 35.9 Å². The van der Waals surface area contributed by atoms with Gasteiger partial charge in [-0.3, -0.25) is 4.90 Å². The first-order valence-electron chi connectivity index (χ1n) is 6.81. The van der Waals surface area contributed by atoms with Gasteiger partial charge >= 0.3 is 0 Å². The van der Waals surface area contributed by atoms with Gasteiger partial charge in [0.25, 0.3) is 0 Å². The van der Waals surface area contributed by atoms with Crippen LogP contribution in [0.1, 0.15) is 24.4 Å². The highest BCUT2D eigenvalue weighted by Gasteiger charge is 2.22. The van der Waals surface area contributed by atoms with Crippen LogP contribution in [0.15, 0.2) is 30.3 Å². The average Bonchev–Trinajstić information content (AvgIpc) is 2.46. The molecule has 1 aromatic carbocycles. The van der Waals surface area contributed by atoms with Crippen LogP contribution in [-0.4, -0.2) is 44.8 Å². The largest absolute Gasteiger partial charge is 0.380 e. The number of rotatable bonds is 5. The Morgan fingerprint density at radius 1 is 1.39 bits per heavy atom. The standard InChI is InChI=1S/C15H24N2O/c1-16-15(13-7-4-3-5-8-13)12-17-10-6-9-14(11-17)18-2/h3-5,7-8,14-16H,6,9-12H2,1-2H3. The maximum Gasteiger partial charge on any atom is 0.0698 e. The van der Waals surface area contributed by atoms with Gasteiger partial charge in [0.1, 0.15) is 0 Å². The molecule has 1 N–H and O–H groups in total. The van der Waals surface area contributed by atoms with Crippen LogP contribution in [0, 0.1) is 0 Å². The molecule has 1 aliphatic rings. The molecule has 1 aliphatic heterocycles. The predicted octanol–water partition coefficient (Wildman–Crippen LogP) is 2.06. The fourth-order valence-electron chi connectivity index (χ4n) is 2.68. The first-order valence-corrected chi connectivity index (χ1v) is 6.81. The summed E-state index contributed by atoms with van der Waals surface area (Å²) in [6.45, 7) is 3.30. The van der Waals surface area contributed by atoms with Crippen LogP contribution in [0.2, 0.25) is 0 Å². The smallest absolute Gasteiger partial charge is 0.0698 e. The van der Waals surface area contributed by atoms with Crippen LogP contribution in [0.5, 0.6) is 0 Å². The van der Waals surface area contributed by atoms with Gasteiger partial charge in [0, 0.05) is 26.2 Å². The Balaban J connectivity index is 1.94. The molecule has 0 aliphatic carbocycles. The minimum Gasteiger partial charge on any atom is -0.380 e. The molecule has 0 saturated carbocycles. The van der Waals surface area contributed by atoms with Gasteiger partial charge in [-0.1, -0.05) is 30.3 Å². The van der Waals surface area contributed by atoms with Gasteiger partial charge in [0.05, 0.1) is 6.10 Å². The molecule has 0 bridgehead atoms. The van der Waals surface area contributed by atoms with Crippen molar-refractivity contribution >= 4 is 0 Å². The second-order valence-corrected chi connectivity index (χ2v) is 5.01. The lowest BCUT2D eigenvalue weighted by Crippen LogP contribution is -2.43. The van der Waals surface area contributed by atoms with Crippen LogP contribution in [-0.2, 0) is 4.74 Å². The van der Waals surface area contributed by atoms with Crippen LogP contribution in [0.3, 0.4) is 0 Å². The van der Waals surface area contributed by atoms with E-state index in [9.17, 15) is 0 Å². The predicted molar refractivity (Wildman–Crippen MR) is 74.7 cm³/mol. The second kappa shape index (κ2) is 6.88. The fourth-order valence-corrected chi connectivity index (χ4v) is 2.68. The monoisotopic (exact) mass is 248 g/mol. The zero-order chi connectivity index (χ0) is 12.8.